The minimum atomic E-state index is -0.611. The number of fused-ring (bicyclic) bond motifs is 3. The maximum absolute atomic E-state index is 15.1. The van der Waals surface area contributed by atoms with Crippen molar-refractivity contribution in [1.82, 2.24) is 19.9 Å². The molecule has 3 aliphatic rings. The maximum atomic E-state index is 15.1. The van der Waals surface area contributed by atoms with Gasteiger partial charge in [0, 0.05) is 13.1 Å². The molecular formula is C25H24ClFN6O2. The summed E-state index contributed by atoms with van der Waals surface area (Å²) in [5, 5.41) is 2.96. The Kier molecular flexibility index (Phi) is 5.07. The zero-order chi connectivity index (χ0) is 24.3. The average Bonchev–Trinajstić information content (AvgIpc) is 3.26. The van der Waals surface area contributed by atoms with Gasteiger partial charge in [0.05, 0.1) is 23.3 Å². The van der Waals surface area contributed by atoms with E-state index in [0.29, 0.717) is 35.7 Å². The number of carbonyl (C=O) groups is 1. The van der Waals surface area contributed by atoms with Crippen LogP contribution in [0.15, 0.2) is 43.2 Å². The second-order valence-corrected chi connectivity index (χ2v) is 9.94. The Morgan fingerprint density at radius 3 is 2.80 bits per heavy atom. The molecule has 1 aromatic carbocycles. The van der Waals surface area contributed by atoms with E-state index in [2.05, 4.69) is 26.8 Å². The molecule has 0 unspecified atom stereocenters. The Labute approximate surface area is 206 Å². The summed E-state index contributed by atoms with van der Waals surface area (Å²) in [7, 11) is 0. The van der Waals surface area contributed by atoms with Crippen molar-refractivity contribution in [3.05, 3.63) is 54.1 Å². The molecular weight excluding hydrogens is 471 g/mol. The lowest BCUT2D eigenvalue weighted by molar-refractivity contribution is -0.127. The number of aromatic nitrogens is 3. The minimum absolute atomic E-state index is 0.0353. The van der Waals surface area contributed by atoms with Gasteiger partial charge in [0.1, 0.15) is 34.0 Å². The van der Waals surface area contributed by atoms with Crippen molar-refractivity contribution in [2.75, 3.05) is 23.3 Å². The number of benzene rings is 1. The lowest BCUT2D eigenvalue weighted by Gasteiger charge is -2.34. The monoisotopic (exact) mass is 494 g/mol. The van der Waals surface area contributed by atoms with Crippen molar-refractivity contribution < 1.29 is 13.9 Å². The van der Waals surface area contributed by atoms with E-state index in [-0.39, 0.29) is 34.3 Å². The summed E-state index contributed by atoms with van der Waals surface area (Å²) in [5.41, 5.74) is 1.06. The van der Waals surface area contributed by atoms with E-state index in [9.17, 15) is 4.79 Å². The molecule has 2 aliphatic heterocycles. The molecule has 4 heterocycles. The molecule has 0 radical (unpaired) electrons. The fourth-order valence-corrected chi connectivity index (χ4v) is 5.10. The zero-order valence-electron chi connectivity index (χ0n) is 19.2. The van der Waals surface area contributed by atoms with Gasteiger partial charge in [-0.25, -0.2) is 19.3 Å². The van der Waals surface area contributed by atoms with Gasteiger partial charge in [0.15, 0.2) is 11.6 Å². The van der Waals surface area contributed by atoms with Crippen LogP contribution >= 0.6 is 11.6 Å². The van der Waals surface area contributed by atoms with Gasteiger partial charge in [-0.3, -0.25) is 4.79 Å². The molecule has 2 atom stereocenters. The topological polar surface area (TPSA) is 83.5 Å². The van der Waals surface area contributed by atoms with E-state index >= 15 is 4.39 Å². The molecule has 6 rings (SSSR count). The third kappa shape index (κ3) is 3.83. The Bertz CT molecular complexity index is 1360. The Hall–Kier alpha value is -3.46. The summed E-state index contributed by atoms with van der Waals surface area (Å²) >= 11 is 6.28. The number of anilines is 3. The highest BCUT2D eigenvalue weighted by atomic mass is 35.5. The summed E-state index contributed by atoms with van der Waals surface area (Å²) < 4.78 is 21.0. The molecule has 10 heteroatoms. The van der Waals surface area contributed by atoms with Gasteiger partial charge in [0.2, 0.25) is 5.91 Å². The third-order valence-corrected chi connectivity index (χ3v) is 7.42. The number of carbonyl (C=O) groups excluding carboxylic acids is 1. The lowest BCUT2D eigenvalue weighted by Crippen LogP contribution is -2.48. The Morgan fingerprint density at radius 1 is 1.26 bits per heavy atom. The van der Waals surface area contributed by atoms with Crippen LogP contribution in [0.3, 0.4) is 0 Å². The van der Waals surface area contributed by atoms with E-state index in [1.165, 1.54) is 12.4 Å². The number of amides is 1. The van der Waals surface area contributed by atoms with Gasteiger partial charge in [-0.05, 0) is 56.5 Å². The highest BCUT2D eigenvalue weighted by Crippen LogP contribution is 2.43. The fraction of sp³-hybridized carbons (Fsp3) is 0.360. The molecule has 1 saturated carbocycles. The van der Waals surface area contributed by atoms with Crippen molar-refractivity contribution in [2.24, 2.45) is 0 Å². The predicted octanol–water partition coefficient (Wildman–Crippen LogP) is 4.47. The van der Waals surface area contributed by atoms with E-state index < -0.39 is 5.82 Å². The maximum Gasteiger partial charge on any atom is 0.246 e. The second-order valence-electron chi connectivity index (χ2n) is 9.57. The Balaban J connectivity index is 1.28. The summed E-state index contributed by atoms with van der Waals surface area (Å²) in [6.45, 7) is 6.92. The number of ether oxygens (including phenoxy) is 1. The number of hydrogen-bond acceptors (Lipinski definition) is 7. The third-order valence-electron chi connectivity index (χ3n) is 7.07. The minimum Gasteiger partial charge on any atom is -0.486 e. The van der Waals surface area contributed by atoms with Crippen molar-refractivity contribution in [2.45, 2.75) is 43.9 Å². The fourth-order valence-electron chi connectivity index (χ4n) is 4.89. The van der Waals surface area contributed by atoms with Gasteiger partial charge >= 0.3 is 0 Å². The molecule has 1 N–H and O–H groups in total. The highest BCUT2D eigenvalue weighted by Gasteiger charge is 2.45. The van der Waals surface area contributed by atoms with Gasteiger partial charge in [-0.2, -0.15) is 0 Å². The first-order valence-electron chi connectivity index (χ1n) is 11.6. The number of rotatable bonds is 6. The zero-order valence-corrected chi connectivity index (χ0v) is 19.9. The molecule has 2 saturated heterocycles. The molecule has 2 bridgehead atoms. The van der Waals surface area contributed by atoms with Crippen LogP contribution < -0.4 is 15.0 Å². The summed E-state index contributed by atoms with van der Waals surface area (Å²) in [6.07, 6.45) is 5.52. The van der Waals surface area contributed by atoms with Crippen LogP contribution in [0, 0.1) is 5.82 Å². The van der Waals surface area contributed by atoms with Crippen LogP contribution in [0.4, 0.5) is 21.7 Å². The number of piperazine rings is 1. The molecule has 1 aliphatic carbocycles. The Morgan fingerprint density at radius 2 is 2.09 bits per heavy atom. The SMILES string of the molecule is C=CC(=O)N1C[C@@H]2C[C@H]1CN2c1ccc2ncnc(Nc3ccc(OC4(C)CC4)c(Cl)c3F)c2n1. The number of halogens is 2. The first kappa shape index (κ1) is 22.0. The number of nitrogens with zero attached hydrogens (tertiary/aromatic N) is 5. The summed E-state index contributed by atoms with van der Waals surface area (Å²) in [4.78, 5) is 29.6. The van der Waals surface area contributed by atoms with Crippen molar-refractivity contribution in [1.29, 1.82) is 0 Å². The molecule has 35 heavy (non-hydrogen) atoms. The molecule has 8 nitrogen and oxygen atoms in total. The summed E-state index contributed by atoms with van der Waals surface area (Å²) in [5.74, 6) is 0.832. The van der Waals surface area contributed by atoms with Crippen LogP contribution in [-0.4, -0.2) is 56.5 Å². The standard InChI is InChI=1S/C25H24ClFN6O2/c1-3-20(34)33-12-14-10-15(33)11-32(14)19-7-5-17-23(31-19)24(29-13-28-17)30-16-4-6-18(21(26)22(16)27)35-25(2)8-9-25/h3-7,13-15H,1,8-12H2,2H3,(H,28,29,30)/t14-,15-/m0/s1. The van der Waals surface area contributed by atoms with Crippen LogP contribution in [0.5, 0.6) is 5.75 Å². The normalized spacial score (nSPS) is 21.9. The number of likely N-dealkylation sites (tertiary alicyclic amines) is 1. The first-order chi connectivity index (χ1) is 16.8. The van der Waals surface area contributed by atoms with E-state index in [1.807, 2.05) is 24.0 Å². The lowest BCUT2D eigenvalue weighted by atomic mass is 10.2. The molecule has 2 aromatic heterocycles. The quantitative estimate of drug-likeness (QED) is 0.506. The van der Waals surface area contributed by atoms with E-state index in [0.717, 1.165) is 25.1 Å². The number of nitrogens with one attached hydrogen (secondary N) is 1. The molecule has 3 fully saturated rings. The van der Waals surface area contributed by atoms with E-state index in [1.54, 1.807) is 12.1 Å². The van der Waals surface area contributed by atoms with Crippen LogP contribution in [0.2, 0.25) is 5.02 Å². The first-order valence-corrected chi connectivity index (χ1v) is 12.0. The smallest absolute Gasteiger partial charge is 0.246 e. The molecule has 3 aromatic rings. The number of pyridine rings is 1. The van der Waals surface area contributed by atoms with E-state index in [4.69, 9.17) is 21.3 Å². The summed E-state index contributed by atoms with van der Waals surface area (Å²) in [6, 6.07) is 7.37. The van der Waals surface area contributed by atoms with Gasteiger partial charge in [-0.15, -0.1) is 0 Å². The van der Waals surface area contributed by atoms with Crippen LogP contribution in [0.25, 0.3) is 11.0 Å². The van der Waals surface area contributed by atoms with Crippen molar-refractivity contribution in [3.8, 4) is 5.75 Å². The van der Waals surface area contributed by atoms with Crippen LogP contribution in [0.1, 0.15) is 26.2 Å². The second kappa shape index (κ2) is 8.05. The van der Waals surface area contributed by atoms with Gasteiger partial charge < -0.3 is 19.9 Å². The van der Waals surface area contributed by atoms with Crippen molar-refractivity contribution in [3.63, 3.8) is 0 Å². The van der Waals surface area contributed by atoms with Crippen LogP contribution in [-0.2, 0) is 4.79 Å². The molecule has 0 spiro atoms. The van der Waals surface area contributed by atoms with Crippen molar-refractivity contribution >= 4 is 45.9 Å². The van der Waals surface area contributed by atoms with Gasteiger partial charge in [-0.1, -0.05) is 18.2 Å². The predicted molar refractivity (Wildman–Crippen MR) is 132 cm³/mol. The molecule has 180 valence electrons. The molecule has 1 amide bonds. The van der Waals surface area contributed by atoms with Gasteiger partial charge in [0.25, 0.3) is 0 Å². The average molecular weight is 495 g/mol. The highest BCUT2D eigenvalue weighted by molar-refractivity contribution is 6.32. The number of hydrogen-bond donors (Lipinski definition) is 1. The largest absolute Gasteiger partial charge is 0.486 e.